The van der Waals surface area contributed by atoms with E-state index in [1.165, 1.54) is 0 Å². The molecule has 0 aliphatic rings. The summed E-state index contributed by atoms with van der Waals surface area (Å²) in [5, 5.41) is 8.24. The number of hydrogen-bond donors (Lipinski definition) is 2. The predicted octanol–water partition coefficient (Wildman–Crippen LogP) is 4.46. The van der Waals surface area contributed by atoms with Gasteiger partial charge in [-0.1, -0.05) is 40.7 Å². The van der Waals surface area contributed by atoms with Gasteiger partial charge in [-0.25, -0.2) is 4.98 Å². The highest BCUT2D eigenvalue weighted by Gasteiger charge is 2.10. The lowest BCUT2D eigenvalue weighted by Gasteiger charge is -2.01. The summed E-state index contributed by atoms with van der Waals surface area (Å²) < 4.78 is 5.19. The molecule has 0 fully saturated rings. The summed E-state index contributed by atoms with van der Waals surface area (Å²) in [5.41, 5.74) is 2.77. The second-order valence-corrected chi connectivity index (χ2v) is 7.83. The number of nitrogens with one attached hydrogen (secondary N) is 2. The van der Waals surface area contributed by atoms with E-state index in [1.54, 1.807) is 23.9 Å². The van der Waals surface area contributed by atoms with Crippen molar-refractivity contribution in [3.05, 3.63) is 59.4 Å². The average Bonchev–Trinajstić information content (AvgIpc) is 3.37. The van der Waals surface area contributed by atoms with Crippen LogP contribution in [-0.2, 0) is 11.3 Å². The van der Waals surface area contributed by atoms with E-state index in [0.29, 0.717) is 23.2 Å². The molecule has 0 radical (unpaired) electrons. The maximum atomic E-state index is 12.0. The van der Waals surface area contributed by atoms with Crippen LogP contribution in [0.2, 0.25) is 5.02 Å². The number of para-hydroxylation sites is 2. The minimum absolute atomic E-state index is 0.0542. The monoisotopic (exact) mass is 427 g/mol. The van der Waals surface area contributed by atoms with Crippen molar-refractivity contribution in [2.75, 3.05) is 5.75 Å². The van der Waals surface area contributed by atoms with Gasteiger partial charge < -0.3 is 14.8 Å². The summed E-state index contributed by atoms with van der Waals surface area (Å²) in [4.78, 5) is 24.1. The minimum Gasteiger partial charge on any atom is -0.347 e. The van der Waals surface area contributed by atoms with Crippen molar-refractivity contribution in [2.24, 2.45) is 0 Å². The lowest BCUT2D eigenvalue weighted by Crippen LogP contribution is -2.22. The molecule has 148 valence electrons. The number of amides is 1. The minimum atomic E-state index is -0.0542. The van der Waals surface area contributed by atoms with Gasteiger partial charge in [-0.05, 0) is 42.8 Å². The summed E-state index contributed by atoms with van der Waals surface area (Å²) in [6.07, 6.45) is 1.17. The molecule has 0 atom stereocenters. The molecular formula is C20H18ClN5O2S. The molecule has 2 N–H and O–H groups in total. The van der Waals surface area contributed by atoms with Gasteiger partial charge in [0.25, 0.3) is 0 Å². The fourth-order valence-corrected chi connectivity index (χ4v) is 3.66. The van der Waals surface area contributed by atoms with Crippen LogP contribution in [0.15, 0.2) is 58.2 Å². The SMILES string of the molecule is O=C(CCCSc1nc2ccccc2[nH]1)NCc1nc(-c2ccc(Cl)cc2)no1. The van der Waals surface area contributed by atoms with Gasteiger partial charge in [-0.15, -0.1) is 0 Å². The molecule has 7 nitrogen and oxygen atoms in total. The molecule has 2 aromatic carbocycles. The standard InChI is InChI=1S/C20H18ClN5O2S/c21-14-9-7-13(8-10-14)19-25-18(28-26-19)12-22-17(27)6-3-11-29-20-23-15-4-1-2-5-16(15)24-20/h1-2,4-5,7-10H,3,6,11-12H2,(H,22,27)(H,23,24). The zero-order valence-corrected chi connectivity index (χ0v) is 17.0. The van der Waals surface area contributed by atoms with Gasteiger partial charge in [-0.3, -0.25) is 4.79 Å². The second-order valence-electron chi connectivity index (χ2n) is 6.31. The number of benzene rings is 2. The van der Waals surface area contributed by atoms with Crippen molar-refractivity contribution in [1.82, 2.24) is 25.4 Å². The summed E-state index contributed by atoms with van der Waals surface area (Å²) in [6, 6.07) is 15.1. The van der Waals surface area contributed by atoms with Crippen LogP contribution in [0.1, 0.15) is 18.7 Å². The predicted molar refractivity (Wildman–Crippen MR) is 113 cm³/mol. The second kappa shape index (κ2) is 9.11. The topological polar surface area (TPSA) is 96.7 Å². The number of H-pyrrole nitrogens is 1. The number of fused-ring (bicyclic) bond motifs is 1. The zero-order chi connectivity index (χ0) is 20.1. The Morgan fingerprint density at radius 2 is 1.97 bits per heavy atom. The van der Waals surface area contributed by atoms with E-state index >= 15 is 0 Å². The number of aromatic nitrogens is 4. The van der Waals surface area contributed by atoms with Crippen molar-refractivity contribution in [2.45, 2.75) is 24.5 Å². The molecule has 0 saturated carbocycles. The first kappa shape index (κ1) is 19.5. The lowest BCUT2D eigenvalue weighted by molar-refractivity contribution is -0.121. The Morgan fingerprint density at radius 1 is 1.14 bits per heavy atom. The summed E-state index contributed by atoms with van der Waals surface area (Å²) >= 11 is 7.48. The normalized spacial score (nSPS) is 11.1. The number of hydrogen-bond acceptors (Lipinski definition) is 6. The number of nitrogens with zero attached hydrogens (tertiary/aromatic N) is 3. The molecule has 4 aromatic rings. The number of halogens is 1. The number of rotatable bonds is 8. The lowest BCUT2D eigenvalue weighted by atomic mass is 10.2. The van der Waals surface area contributed by atoms with E-state index < -0.39 is 0 Å². The first-order valence-electron chi connectivity index (χ1n) is 9.10. The van der Waals surface area contributed by atoms with Crippen molar-refractivity contribution in [3.63, 3.8) is 0 Å². The van der Waals surface area contributed by atoms with Gasteiger partial charge in [0.15, 0.2) is 5.16 Å². The van der Waals surface area contributed by atoms with Crippen LogP contribution in [0.3, 0.4) is 0 Å². The summed E-state index contributed by atoms with van der Waals surface area (Å²) in [5.74, 6) is 1.57. The van der Waals surface area contributed by atoms with Crippen molar-refractivity contribution in [1.29, 1.82) is 0 Å². The Hall–Kier alpha value is -2.84. The van der Waals surface area contributed by atoms with Crippen LogP contribution in [0, 0.1) is 0 Å². The number of aromatic amines is 1. The van der Waals surface area contributed by atoms with Gasteiger partial charge in [0.1, 0.15) is 0 Å². The van der Waals surface area contributed by atoms with E-state index in [9.17, 15) is 4.79 Å². The number of thioether (sulfide) groups is 1. The molecule has 0 unspecified atom stereocenters. The van der Waals surface area contributed by atoms with Crippen LogP contribution in [0.25, 0.3) is 22.4 Å². The van der Waals surface area contributed by atoms with Crippen molar-refractivity contribution in [3.8, 4) is 11.4 Å². The average molecular weight is 428 g/mol. The number of carbonyl (C=O) groups is 1. The Morgan fingerprint density at radius 3 is 2.79 bits per heavy atom. The van der Waals surface area contributed by atoms with E-state index in [1.807, 2.05) is 36.4 Å². The van der Waals surface area contributed by atoms with E-state index in [-0.39, 0.29) is 12.5 Å². The van der Waals surface area contributed by atoms with Crippen LogP contribution >= 0.6 is 23.4 Å². The highest BCUT2D eigenvalue weighted by molar-refractivity contribution is 7.99. The summed E-state index contributed by atoms with van der Waals surface area (Å²) in [6.45, 7) is 0.205. The van der Waals surface area contributed by atoms with Gasteiger partial charge >= 0.3 is 0 Å². The molecule has 2 aromatic heterocycles. The molecule has 0 bridgehead atoms. The van der Waals surface area contributed by atoms with Gasteiger partial charge in [0, 0.05) is 22.8 Å². The van der Waals surface area contributed by atoms with Crippen LogP contribution < -0.4 is 5.32 Å². The molecule has 0 saturated heterocycles. The molecular weight excluding hydrogens is 410 g/mol. The van der Waals surface area contributed by atoms with Gasteiger partial charge in [-0.2, -0.15) is 4.98 Å². The highest BCUT2D eigenvalue weighted by atomic mass is 35.5. The van der Waals surface area contributed by atoms with Crippen LogP contribution in [0.4, 0.5) is 0 Å². The fraction of sp³-hybridized carbons (Fsp3) is 0.200. The maximum absolute atomic E-state index is 12.0. The van der Waals surface area contributed by atoms with Crippen molar-refractivity contribution < 1.29 is 9.32 Å². The molecule has 9 heteroatoms. The number of imidazole rings is 1. The molecule has 0 aliphatic heterocycles. The third kappa shape index (κ3) is 5.16. The zero-order valence-electron chi connectivity index (χ0n) is 15.4. The third-order valence-corrected chi connectivity index (χ3v) is 5.37. The Labute approximate surface area is 176 Å². The molecule has 29 heavy (non-hydrogen) atoms. The maximum Gasteiger partial charge on any atom is 0.246 e. The first-order chi connectivity index (χ1) is 14.2. The van der Waals surface area contributed by atoms with E-state index in [0.717, 1.165) is 33.9 Å². The fourth-order valence-electron chi connectivity index (χ4n) is 2.70. The van der Waals surface area contributed by atoms with Crippen molar-refractivity contribution >= 4 is 40.3 Å². The van der Waals surface area contributed by atoms with Crippen LogP contribution in [0.5, 0.6) is 0 Å². The number of carbonyl (C=O) groups excluding carboxylic acids is 1. The Kier molecular flexibility index (Phi) is 6.12. The van der Waals surface area contributed by atoms with E-state index in [4.69, 9.17) is 16.1 Å². The third-order valence-electron chi connectivity index (χ3n) is 4.16. The van der Waals surface area contributed by atoms with E-state index in [2.05, 4.69) is 25.4 Å². The molecule has 0 aliphatic carbocycles. The molecule has 1 amide bonds. The Bertz CT molecular complexity index is 1080. The molecule has 0 spiro atoms. The molecule has 4 rings (SSSR count). The Balaban J connectivity index is 1.19. The quantitative estimate of drug-likeness (QED) is 0.318. The van der Waals surface area contributed by atoms with Gasteiger partial charge in [0.2, 0.25) is 17.6 Å². The summed E-state index contributed by atoms with van der Waals surface area (Å²) in [7, 11) is 0. The van der Waals surface area contributed by atoms with Gasteiger partial charge in [0.05, 0.1) is 17.6 Å². The first-order valence-corrected chi connectivity index (χ1v) is 10.5. The highest BCUT2D eigenvalue weighted by Crippen LogP contribution is 2.20. The largest absolute Gasteiger partial charge is 0.347 e. The smallest absolute Gasteiger partial charge is 0.246 e. The molecule has 2 heterocycles. The van der Waals surface area contributed by atoms with Crippen LogP contribution in [-0.4, -0.2) is 31.8 Å².